The van der Waals surface area contributed by atoms with Crippen molar-refractivity contribution < 1.29 is 19.4 Å². The van der Waals surface area contributed by atoms with Gasteiger partial charge in [0.05, 0.1) is 19.8 Å². The first-order chi connectivity index (χ1) is 9.15. The van der Waals surface area contributed by atoms with Gasteiger partial charge < -0.3 is 14.6 Å². The Morgan fingerprint density at radius 3 is 2.47 bits per heavy atom. The molecular formula is C15H14O4. The van der Waals surface area contributed by atoms with E-state index in [0.29, 0.717) is 5.75 Å². The lowest BCUT2D eigenvalue weighted by atomic mass is 10.0. The van der Waals surface area contributed by atoms with E-state index in [1.54, 1.807) is 19.2 Å². The highest BCUT2D eigenvalue weighted by atomic mass is 16.5. The maximum atomic E-state index is 10.9. The molecule has 0 aliphatic heterocycles. The summed E-state index contributed by atoms with van der Waals surface area (Å²) in [6.07, 6.45) is 0. The number of benzene rings is 2. The van der Waals surface area contributed by atoms with Crippen LogP contribution in [0.1, 0.15) is 10.4 Å². The molecule has 0 atom stereocenters. The van der Waals surface area contributed by atoms with E-state index in [-0.39, 0.29) is 5.56 Å². The zero-order chi connectivity index (χ0) is 13.8. The van der Waals surface area contributed by atoms with Crippen LogP contribution >= 0.6 is 0 Å². The summed E-state index contributed by atoms with van der Waals surface area (Å²) < 4.78 is 10.4. The minimum Gasteiger partial charge on any atom is -0.497 e. The van der Waals surface area contributed by atoms with Gasteiger partial charge in [-0.25, -0.2) is 4.79 Å². The first kappa shape index (κ1) is 13.0. The molecule has 0 unspecified atom stereocenters. The van der Waals surface area contributed by atoms with Gasteiger partial charge in [-0.05, 0) is 35.9 Å². The van der Waals surface area contributed by atoms with Crippen LogP contribution in [0.25, 0.3) is 11.1 Å². The van der Waals surface area contributed by atoms with Crippen molar-refractivity contribution in [2.24, 2.45) is 0 Å². The lowest BCUT2D eigenvalue weighted by Crippen LogP contribution is -1.98. The van der Waals surface area contributed by atoms with Crippen LogP contribution in [0.3, 0.4) is 0 Å². The number of hydrogen-bond donors (Lipinski definition) is 1. The lowest BCUT2D eigenvalue weighted by Gasteiger charge is -2.10. The third-order valence-electron chi connectivity index (χ3n) is 2.83. The molecule has 0 radical (unpaired) electrons. The summed E-state index contributed by atoms with van der Waals surface area (Å²) in [5.74, 6) is 0.283. The van der Waals surface area contributed by atoms with Gasteiger partial charge in [-0.3, -0.25) is 0 Å². The fourth-order valence-corrected chi connectivity index (χ4v) is 1.85. The number of rotatable bonds is 4. The Bertz CT molecular complexity index is 605. The summed E-state index contributed by atoms with van der Waals surface area (Å²) in [6, 6.07) is 12.3. The molecule has 0 aliphatic rings. The van der Waals surface area contributed by atoms with Crippen molar-refractivity contribution in [3.63, 3.8) is 0 Å². The Kier molecular flexibility index (Phi) is 3.71. The van der Waals surface area contributed by atoms with Gasteiger partial charge in [0.25, 0.3) is 0 Å². The maximum absolute atomic E-state index is 10.9. The summed E-state index contributed by atoms with van der Waals surface area (Å²) in [6.45, 7) is 0. The highest BCUT2D eigenvalue weighted by molar-refractivity contribution is 5.89. The molecule has 0 saturated carbocycles. The van der Waals surface area contributed by atoms with Gasteiger partial charge in [0.15, 0.2) is 0 Å². The summed E-state index contributed by atoms with van der Waals surface area (Å²) >= 11 is 0. The molecule has 0 saturated heterocycles. The summed E-state index contributed by atoms with van der Waals surface area (Å²) in [4.78, 5) is 10.9. The number of carbonyl (C=O) groups is 1. The SMILES string of the molecule is COc1cccc(-c2ccc(C(=O)O)cc2OC)c1. The van der Waals surface area contributed by atoms with Gasteiger partial charge in [0.1, 0.15) is 11.5 Å². The lowest BCUT2D eigenvalue weighted by molar-refractivity contribution is 0.0696. The van der Waals surface area contributed by atoms with Crippen LogP contribution in [0, 0.1) is 0 Å². The molecule has 0 amide bonds. The number of methoxy groups -OCH3 is 2. The highest BCUT2D eigenvalue weighted by Gasteiger charge is 2.11. The Labute approximate surface area is 111 Å². The fraction of sp³-hybridized carbons (Fsp3) is 0.133. The molecule has 0 heterocycles. The fourth-order valence-electron chi connectivity index (χ4n) is 1.85. The normalized spacial score (nSPS) is 10.0. The number of aromatic carboxylic acids is 1. The topological polar surface area (TPSA) is 55.8 Å². The Hall–Kier alpha value is -2.49. The van der Waals surface area contributed by atoms with Gasteiger partial charge in [0.2, 0.25) is 0 Å². The average Bonchev–Trinajstić information content (AvgIpc) is 2.46. The molecule has 2 rings (SSSR count). The van der Waals surface area contributed by atoms with Crippen molar-refractivity contribution >= 4 is 5.97 Å². The standard InChI is InChI=1S/C15H14O4/c1-18-12-5-3-4-10(8-12)13-7-6-11(15(16)17)9-14(13)19-2/h3-9H,1-2H3,(H,16,17). The number of hydrogen-bond acceptors (Lipinski definition) is 3. The zero-order valence-electron chi connectivity index (χ0n) is 10.7. The Morgan fingerprint density at radius 2 is 1.84 bits per heavy atom. The molecule has 0 aromatic heterocycles. The van der Waals surface area contributed by atoms with E-state index in [1.807, 2.05) is 24.3 Å². The van der Waals surface area contributed by atoms with Crippen LogP contribution in [0.4, 0.5) is 0 Å². The third kappa shape index (κ3) is 2.68. The molecule has 4 nitrogen and oxygen atoms in total. The molecule has 0 bridgehead atoms. The van der Waals surface area contributed by atoms with E-state index in [2.05, 4.69) is 0 Å². The quantitative estimate of drug-likeness (QED) is 0.915. The predicted octanol–water partition coefficient (Wildman–Crippen LogP) is 3.07. The molecular weight excluding hydrogens is 244 g/mol. The van der Waals surface area contributed by atoms with Gasteiger partial charge >= 0.3 is 5.97 Å². The van der Waals surface area contributed by atoms with E-state index in [1.165, 1.54) is 13.2 Å². The molecule has 4 heteroatoms. The number of carboxylic acids is 1. The van der Waals surface area contributed by atoms with Crippen LogP contribution in [-0.2, 0) is 0 Å². The predicted molar refractivity (Wildman–Crippen MR) is 71.9 cm³/mol. The molecule has 0 fully saturated rings. The van der Waals surface area contributed by atoms with Crippen LogP contribution in [-0.4, -0.2) is 25.3 Å². The van der Waals surface area contributed by atoms with E-state index < -0.39 is 5.97 Å². The van der Waals surface area contributed by atoms with Crippen molar-refractivity contribution in [1.29, 1.82) is 0 Å². The van der Waals surface area contributed by atoms with Crippen molar-refractivity contribution in [2.45, 2.75) is 0 Å². The van der Waals surface area contributed by atoms with Crippen LogP contribution in [0.15, 0.2) is 42.5 Å². The zero-order valence-corrected chi connectivity index (χ0v) is 10.7. The molecule has 0 spiro atoms. The third-order valence-corrected chi connectivity index (χ3v) is 2.83. The van der Waals surface area contributed by atoms with Gasteiger partial charge in [-0.1, -0.05) is 12.1 Å². The summed E-state index contributed by atoms with van der Waals surface area (Å²) in [5.41, 5.74) is 1.93. The smallest absolute Gasteiger partial charge is 0.335 e. The van der Waals surface area contributed by atoms with Gasteiger partial charge in [-0.2, -0.15) is 0 Å². The second-order valence-corrected chi connectivity index (χ2v) is 3.95. The van der Waals surface area contributed by atoms with Crippen molar-refractivity contribution in [2.75, 3.05) is 14.2 Å². The minimum absolute atomic E-state index is 0.198. The van der Waals surface area contributed by atoms with Crippen LogP contribution in [0.2, 0.25) is 0 Å². The molecule has 2 aromatic carbocycles. The van der Waals surface area contributed by atoms with Crippen molar-refractivity contribution in [3.8, 4) is 22.6 Å². The largest absolute Gasteiger partial charge is 0.497 e. The maximum Gasteiger partial charge on any atom is 0.335 e. The average molecular weight is 258 g/mol. The van der Waals surface area contributed by atoms with Gasteiger partial charge in [-0.15, -0.1) is 0 Å². The van der Waals surface area contributed by atoms with E-state index in [4.69, 9.17) is 14.6 Å². The Morgan fingerprint density at radius 1 is 1.05 bits per heavy atom. The van der Waals surface area contributed by atoms with Crippen molar-refractivity contribution in [1.82, 2.24) is 0 Å². The monoisotopic (exact) mass is 258 g/mol. The van der Waals surface area contributed by atoms with Gasteiger partial charge in [0, 0.05) is 5.56 Å². The second-order valence-electron chi connectivity index (χ2n) is 3.95. The number of ether oxygens (including phenoxy) is 2. The Balaban J connectivity index is 2.51. The summed E-state index contributed by atoms with van der Waals surface area (Å²) in [5, 5.41) is 8.97. The molecule has 0 aliphatic carbocycles. The summed E-state index contributed by atoms with van der Waals surface area (Å²) in [7, 11) is 3.12. The minimum atomic E-state index is -0.976. The molecule has 98 valence electrons. The number of carboxylic acid groups (broad SMARTS) is 1. The van der Waals surface area contributed by atoms with E-state index >= 15 is 0 Å². The van der Waals surface area contributed by atoms with Crippen LogP contribution in [0.5, 0.6) is 11.5 Å². The van der Waals surface area contributed by atoms with E-state index in [0.717, 1.165) is 16.9 Å². The van der Waals surface area contributed by atoms with Crippen LogP contribution < -0.4 is 9.47 Å². The van der Waals surface area contributed by atoms with E-state index in [9.17, 15) is 4.79 Å². The first-order valence-corrected chi connectivity index (χ1v) is 5.71. The first-order valence-electron chi connectivity index (χ1n) is 5.71. The molecule has 19 heavy (non-hydrogen) atoms. The molecule has 2 aromatic rings. The highest BCUT2D eigenvalue weighted by Crippen LogP contribution is 2.32. The van der Waals surface area contributed by atoms with Crippen molar-refractivity contribution in [3.05, 3.63) is 48.0 Å². The molecule has 1 N–H and O–H groups in total. The second kappa shape index (κ2) is 5.44.